The molecule has 20 heavy (non-hydrogen) atoms. The highest BCUT2D eigenvalue weighted by molar-refractivity contribution is 5.90. The lowest BCUT2D eigenvalue weighted by Crippen LogP contribution is -2.57. The van der Waals surface area contributed by atoms with Gasteiger partial charge in [-0.15, -0.1) is 0 Å². The molecule has 2 unspecified atom stereocenters. The fourth-order valence-electron chi connectivity index (χ4n) is 2.88. The summed E-state index contributed by atoms with van der Waals surface area (Å²) in [5, 5.41) is 4.52. The lowest BCUT2D eigenvalue weighted by molar-refractivity contribution is -0.0795. The summed E-state index contributed by atoms with van der Waals surface area (Å²) in [6, 6.07) is 6.06. The standard InChI is InChI=1S/C15H20N4O/c1-15(2)12(7-13(15)20-3)19-14-10-5-4-9(16)6-11(10)17-8-18-14/h4-6,8,12-13H,7,16H2,1-3H3,(H,17,18,19). The van der Waals surface area contributed by atoms with Gasteiger partial charge in [-0.2, -0.15) is 0 Å². The van der Waals surface area contributed by atoms with Crippen molar-refractivity contribution in [2.45, 2.75) is 32.4 Å². The molecule has 1 aliphatic rings. The summed E-state index contributed by atoms with van der Waals surface area (Å²) >= 11 is 0. The van der Waals surface area contributed by atoms with E-state index in [1.54, 1.807) is 13.4 Å². The molecule has 5 nitrogen and oxygen atoms in total. The third kappa shape index (κ3) is 1.98. The first kappa shape index (κ1) is 13.1. The molecule has 1 aromatic carbocycles. The molecular weight excluding hydrogens is 252 g/mol. The van der Waals surface area contributed by atoms with Crippen molar-refractivity contribution in [2.75, 3.05) is 18.2 Å². The predicted octanol–water partition coefficient (Wildman–Crippen LogP) is 2.44. The van der Waals surface area contributed by atoms with E-state index in [0.717, 1.165) is 23.1 Å². The van der Waals surface area contributed by atoms with Gasteiger partial charge in [-0.05, 0) is 24.6 Å². The number of anilines is 2. The smallest absolute Gasteiger partial charge is 0.137 e. The number of aromatic nitrogens is 2. The highest BCUT2D eigenvalue weighted by atomic mass is 16.5. The molecule has 1 saturated carbocycles. The number of nitrogens with two attached hydrogens (primary N) is 1. The van der Waals surface area contributed by atoms with Gasteiger partial charge in [0.25, 0.3) is 0 Å². The fourth-order valence-corrected chi connectivity index (χ4v) is 2.88. The summed E-state index contributed by atoms with van der Waals surface area (Å²) in [4.78, 5) is 8.64. The van der Waals surface area contributed by atoms with Gasteiger partial charge in [0.2, 0.25) is 0 Å². The molecule has 0 amide bonds. The minimum absolute atomic E-state index is 0.0971. The van der Waals surface area contributed by atoms with Crippen LogP contribution in [-0.2, 0) is 4.74 Å². The molecule has 2 atom stereocenters. The maximum atomic E-state index is 5.79. The molecule has 0 spiro atoms. The van der Waals surface area contributed by atoms with E-state index < -0.39 is 0 Å². The second kappa shape index (κ2) is 4.59. The first-order chi connectivity index (χ1) is 9.52. The molecule has 106 valence electrons. The maximum Gasteiger partial charge on any atom is 0.137 e. The molecule has 0 saturated heterocycles. The van der Waals surface area contributed by atoms with Crippen LogP contribution in [0.4, 0.5) is 11.5 Å². The zero-order chi connectivity index (χ0) is 14.3. The Morgan fingerprint density at radius 2 is 2.15 bits per heavy atom. The topological polar surface area (TPSA) is 73.1 Å². The van der Waals surface area contributed by atoms with Crippen LogP contribution >= 0.6 is 0 Å². The van der Waals surface area contributed by atoms with Gasteiger partial charge in [0, 0.05) is 29.6 Å². The minimum atomic E-state index is 0.0971. The van der Waals surface area contributed by atoms with Crippen molar-refractivity contribution in [3.8, 4) is 0 Å². The second-order valence-electron chi connectivity index (χ2n) is 5.98. The largest absolute Gasteiger partial charge is 0.399 e. The first-order valence-electron chi connectivity index (χ1n) is 6.82. The molecule has 1 heterocycles. The molecule has 1 fully saturated rings. The summed E-state index contributed by atoms with van der Waals surface area (Å²) < 4.78 is 5.48. The number of rotatable bonds is 3. The third-order valence-electron chi connectivity index (χ3n) is 4.43. The van der Waals surface area contributed by atoms with Crippen molar-refractivity contribution in [3.05, 3.63) is 24.5 Å². The van der Waals surface area contributed by atoms with Crippen LogP contribution in [0.3, 0.4) is 0 Å². The van der Waals surface area contributed by atoms with Crippen LogP contribution in [0, 0.1) is 5.41 Å². The van der Waals surface area contributed by atoms with Gasteiger partial charge in [-0.1, -0.05) is 13.8 Å². The van der Waals surface area contributed by atoms with Crippen molar-refractivity contribution in [1.82, 2.24) is 9.97 Å². The van der Waals surface area contributed by atoms with Crippen LogP contribution in [0.2, 0.25) is 0 Å². The van der Waals surface area contributed by atoms with Gasteiger partial charge in [-0.25, -0.2) is 9.97 Å². The normalized spacial score (nSPS) is 24.4. The van der Waals surface area contributed by atoms with E-state index in [9.17, 15) is 0 Å². The zero-order valence-corrected chi connectivity index (χ0v) is 12.1. The third-order valence-corrected chi connectivity index (χ3v) is 4.43. The van der Waals surface area contributed by atoms with Gasteiger partial charge < -0.3 is 15.8 Å². The van der Waals surface area contributed by atoms with Crippen molar-refractivity contribution >= 4 is 22.4 Å². The van der Waals surface area contributed by atoms with Crippen LogP contribution in [0.15, 0.2) is 24.5 Å². The molecule has 5 heteroatoms. The molecular formula is C15H20N4O. The number of hydrogen-bond acceptors (Lipinski definition) is 5. The quantitative estimate of drug-likeness (QED) is 0.840. The Balaban J connectivity index is 1.89. The summed E-state index contributed by atoms with van der Waals surface area (Å²) in [6.07, 6.45) is 2.86. The van der Waals surface area contributed by atoms with Crippen LogP contribution in [0.5, 0.6) is 0 Å². The van der Waals surface area contributed by atoms with Crippen LogP contribution < -0.4 is 11.1 Å². The second-order valence-corrected chi connectivity index (χ2v) is 5.98. The van der Waals surface area contributed by atoms with Crippen molar-refractivity contribution < 1.29 is 4.74 Å². The Morgan fingerprint density at radius 1 is 1.35 bits per heavy atom. The first-order valence-corrected chi connectivity index (χ1v) is 6.82. The Hall–Kier alpha value is -1.88. The zero-order valence-electron chi connectivity index (χ0n) is 12.1. The molecule has 1 aliphatic carbocycles. The Labute approximate surface area is 118 Å². The van der Waals surface area contributed by atoms with E-state index in [1.807, 2.05) is 18.2 Å². The van der Waals surface area contributed by atoms with Crippen LogP contribution in [0.1, 0.15) is 20.3 Å². The van der Waals surface area contributed by atoms with Crippen molar-refractivity contribution in [3.63, 3.8) is 0 Å². The molecule has 3 N–H and O–H groups in total. The lowest BCUT2D eigenvalue weighted by atomic mass is 9.64. The van der Waals surface area contributed by atoms with E-state index in [0.29, 0.717) is 17.8 Å². The average molecular weight is 272 g/mol. The van der Waals surface area contributed by atoms with Crippen LogP contribution in [0.25, 0.3) is 10.9 Å². The van der Waals surface area contributed by atoms with Gasteiger partial charge in [0.1, 0.15) is 12.1 Å². The summed E-state index contributed by atoms with van der Waals surface area (Å²) in [7, 11) is 1.77. The number of nitrogen functional groups attached to an aromatic ring is 1. The predicted molar refractivity (Wildman–Crippen MR) is 80.6 cm³/mol. The Kier molecular flexibility index (Phi) is 3.01. The number of nitrogens with zero attached hydrogens (tertiary/aromatic N) is 2. The van der Waals surface area contributed by atoms with E-state index in [4.69, 9.17) is 10.5 Å². The molecule has 2 aromatic rings. The fraction of sp³-hybridized carbons (Fsp3) is 0.467. The summed E-state index contributed by atoms with van der Waals surface area (Å²) in [5.74, 6) is 0.864. The van der Waals surface area contributed by atoms with Gasteiger partial charge in [-0.3, -0.25) is 0 Å². The number of methoxy groups -OCH3 is 1. The average Bonchev–Trinajstić information content (AvgIpc) is 2.42. The van der Waals surface area contributed by atoms with Crippen molar-refractivity contribution in [2.24, 2.45) is 5.41 Å². The molecule has 0 bridgehead atoms. The van der Waals surface area contributed by atoms with Crippen LogP contribution in [-0.4, -0.2) is 29.2 Å². The minimum Gasteiger partial charge on any atom is -0.399 e. The van der Waals surface area contributed by atoms with E-state index in [2.05, 4.69) is 29.1 Å². The number of hydrogen-bond donors (Lipinski definition) is 2. The molecule has 1 aromatic heterocycles. The molecule has 0 aliphatic heterocycles. The van der Waals surface area contributed by atoms with E-state index >= 15 is 0 Å². The molecule has 0 radical (unpaired) electrons. The van der Waals surface area contributed by atoms with Gasteiger partial charge in [0.15, 0.2) is 0 Å². The summed E-state index contributed by atoms with van der Waals surface area (Å²) in [6.45, 7) is 4.42. The Morgan fingerprint density at radius 3 is 2.85 bits per heavy atom. The number of nitrogens with one attached hydrogen (secondary N) is 1. The highest BCUT2D eigenvalue weighted by Gasteiger charge is 2.48. The highest BCUT2D eigenvalue weighted by Crippen LogP contribution is 2.44. The Bertz CT molecular complexity index is 641. The van der Waals surface area contributed by atoms with E-state index in [1.165, 1.54) is 0 Å². The number of fused-ring (bicyclic) bond motifs is 1. The van der Waals surface area contributed by atoms with Crippen molar-refractivity contribution in [1.29, 1.82) is 0 Å². The lowest BCUT2D eigenvalue weighted by Gasteiger charge is -2.51. The molecule has 3 rings (SSSR count). The number of ether oxygens (including phenoxy) is 1. The summed E-state index contributed by atoms with van der Waals surface area (Å²) in [5.41, 5.74) is 7.47. The maximum absolute atomic E-state index is 5.79. The SMILES string of the molecule is COC1CC(Nc2ncnc3cc(N)ccc23)C1(C)C. The van der Waals surface area contributed by atoms with Gasteiger partial charge >= 0.3 is 0 Å². The monoisotopic (exact) mass is 272 g/mol. The van der Waals surface area contributed by atoms with Gasteiger partial charge in [0.05, 0.1) is 11.6 Å². The number of benzene rings is 1. The van der Waals surface area contributed by atoms with E-state index in [-0.39, 0.29) is 5.41 Å².